The van der Waals surface area contributed by atoms with Gasteiger partial charge in [-0.2, -0.15) is 5.26 Å². The highest BCUT2D eigenvalue weighted by Gasteiger charge is 2.11. The second-order valence-electron chi connectivity index (χ2n) is 4.16. The van der Waals surface area contributed by atoms with E-state index in [0.717, 1.165) is 26.2 Å². The molecule has 0 saturated heterocycles. The third-order valence-electron chi connectivity index (χ3n) is 2.60. The number of aromatic nitrogens is 1. The number of carboxylic acids is 1. The summed E-state index contributed by atoms with van der Waals surface area (Å²) in [6.07, 6.45) is 0.0218. The predicted molar refractivity (Wildman–Crippen MR) is 78.9 cm³/mol. The summed E-state index contributed by atoms with van der Waals surface area (Å²) >= 11 is 2.98. The van der Waals surface area contributed by atoms with Gasteiger partial charge in [0.1, 0.15) is 0 Å². The van der Waals surface area contributed by atoms with Crippen LogP contribution in [0.2, 0.25) is 0 Å². The minimum atomic E-state index is -0.838. The lowest BCUT2D eigenvalue weighted by Gasteiger charge is -1.99. The molecule has 0 atom stereocenters. The lowest BCUT2D eigenvalue weighted by Crippen LogP contribution is -1.99. The maximum atomic E-state index is 10.7. The van der Waals surface area contributed by atoms with Gasteiger partial charge in [0.2, 0.25) is 0 Å². The Kier molecular flexibility index (Phi) is 4.77. The van der Waals surface area contributed by atoms with Crippen LogP contribution in [-0.2, 0) is 17.0 Å². The molecule has 2 aromatic rings. The Morgan fingerprint density at radius 3 is 3.05 bits per heavy atom. The van der Waals surface area contributed by atoms with Crippen LogP contribution in [0.5, 0.6) is 0 Å². The van der Waals surface area contributed by atoms with Crippen LogP contribution in [0, 0.1) is 18.3 Å². The van der Waals surface area contributed by atoms with E-state index in [1.54, 1.807) is 17.8 Å². The van der Waals surface area contributed by atoms with Crippen molar-refractivity contribution >= 4 is 29.1 Å². The Morgan fingerprint density at radius 1 is 1.55 bits per heavy atom. The quantitative estimate of drug-likeness (QED) is 0.858. The molecule has 4 nitrogen and oxygen atoms in total. The number of rotatable bonds is 5. The van der Waals surface area contributed by atoms with E-state index in [1.165, 1.54) is 11.3 Å². The summed E-state index contributed by atoms with van der Waals surface area (Å²) in [4.78, 5) is 15.9. The van der Waals surface area contributed by atoms with Gasteiger partial charge in [-0.3, -0.25) is 4.79 Å². The van der Waals surface area contributed by atoms with Crippen LogP contribution in [0.15, 0.2) is 28.6 Å². The molecular weight excluding hydrogens is 292 g/mol. The number of nitrogens with zero attached hydrogens (tertiary/aromatic N) is 2. The van der Waals surface area contributed by atoms with Crippen molar-refractivity contribution in [3.63, 3.8) is 0 Å². The van der Waals surface area contributed by atoms with Crippen molar-refractivity contribution in [2.75, 3.05) is 0 Å². The fraction of sp³-hybridized carbons (Fsp3) is 0.214. The average Bonchev–Trinajstić information content (AvgIpc) is 2.76. The number of aryl methyl sites for hydroxylation is 1. The minimum Gasteiger partial charge on any atom is -0.481 e. The maximum Gasteiger partial charge on any atom is 0.308 e. The SMILES string of the molecule is Cc1nc(SCc2cccc(C#N)c2)sc1CC(=O)O. The van der Waals surface area contributed by atoms with Crippen molar-refractivity contribution < 1.29 is 9.90 Å². The second-order valence-corrected chi connectivity index (χ2v) is 6.47. The molecule has 0 aliphatic heterocycles. The number of hydrogen-bond acceptors (Lipinski definition) is 5. The van der Waals surface area contributed by atoms with E-state index < -0.39 is 5.97 Å². The zero-order chi connectivity index (χ0) is 14.5. The van der Waals surface area contributed by atoms with Crippen LogP contribution in [0.25, 0.3) is 0 Å². The Balaban J connectivity index is 2.04. The summed E-state index contributed by atoms with van der Waals surface area (Å²) in [6.45, 7) is 1.83. The summed E-state index contributed by atoms with van der Waals surface area (Å²) in [7, 11) is 0. The van der Waals surface area contributed by atoms with Gasteiger partial charge in [-0.1, -0.05) is 23.9 Å². The highest BCUT2D eigenvalue weighted by molar-refractivity contribution is 8.00. The molecule has 0 bridgehead atoms. The molecule has 1 N–H and O–H groups in total. The topological polar surface area (TPSA) is 74.0 Å². The third kappa shape index (κ3) is 3.83. The van der Waals surface area contributed by atoms with Crippen LogP contribution < -0.4 is 0 Å². The third-order valence-corrected chi connectivity index (χ3v) is 4.97. The molecule has 20 heavy (non-hydrogen) atoms. The molecule has 0 unspecified atom stereocenters. The van der Waals surface area contributed by atoms with E-state index in [2.05, 4.69) is 11.1 Å². The van der Waals surface area contributed by atoms with Gasteiger partial charge < -0.3 is 5.11 Å². The van der Waals surface area contributed by atoms with E-state index in [1.807, 2.05) is 25.1 Å². The second kappa shape index (κ2) is 6.55. The van der Waals surface area contributed by atoms with Crippen LogP contribution in [-0.4, -0.2) is 16.1 Å². The number of thioether (sulfide) groups is 1. The van der Waals surface area contributed by atoms with E-state index in [0.29, 0.717) is 5.56 Å². The lowest BCUT2D eigenvalue weighted by molar-refractivity contribution is -0.136. The van der Waals surface area contributed by atoms with Crippen molar-refractivity contribution in [2.24, 2.45) is 0 Å². The van der Waals surface area contributed by atoms with Gasteiger partial charge in [0.15, 0.2) is 4.34 Å². The zero-order valence-electron chi connectivity index (χ0n) is 10.8. The van der Waals surface area contributed by atoms with Crippen molar-refractivity contribution in [2.45, 2.75) is 23.4 Å². The van der Waals surface area contributed by atoms with E-state index in [9.17, 15) is 4.79 Å². The maximum absolute atomic E-state index is 10.7. The molecule has 0 fully saturated rings. The van der Waals surface area contributed by atoms with E-state index in [4.69, 9.17) is 10.4 Å². The Bertz CT molecular complexity index is 674. The van der Waals surface area contributed by atoms with Gasteiger partial charge >= 0.3 is 5.97 Å². The molecular formula is C14H12N2O2S2. The Labute approximate surface area is 125 Å². The molecule has 0 aliphatic carbocycles. The van der Waals surface area contributed by atoms with Gasteiger partial charge in [-0.15, -0.1) is 11.3 Å². The highest BCUT2D eigenvalue weighted by atomic mass is 32.2. The summed E-state index contributed by atoms with van der Waals surface area (Å²) < 4.78 is 0.862. The van der Waals surface area contributed by atoms with Gasteiger partial charge in [0, 0.05) is 10.6 Å². The molecule has 0 spiro atoms. The molecule has 0 amide bonds. The molecule has 1 aromatic carbocycles. The van der Waals surface area contributed by atoms with Gasteiger partial charge in [0.05, 0.1) is 23.7 Å². The van der Waals surface area contributed by atoms with Crippen LogP contribution in [0.1, 0.15) is 21.7 Å². The van der Waals surface area contributed by atoms with Crippen LogP contribution in [0.4, 0.5) is 0 Å². The summed E-state index contributed by atoms with van der Waals surface area (Å²) in [5.41, 5.74) is 2.48. The van der Waals surface area contributed by atoms with Gasteiger partial charge in [0.25, 0.3) is 0 Å². The molecule has 0 radical (unpaired) electrons. The van der Waals surface area contributed by atoms with Crippen molar-refractivity contribution in [1.29, 1.82) is 5.26 Å². The summed E-state index contributed by atoms with van der Waals surface area (Å²) in [5, 5.41) is 17.7. The zero-order valence-corrected chi connectivity index (χ0v) is 12.4. The van der Waals surface area contributed by atoms with Gasteiger partial charge in [-0.05, 0) is 24.6 Å². The number of carboxylic acid groups (broad SMARTS) is 1. The number of hydrogen-bond donors (Lipinski definition) is 1. The average molecular weight is 304 g/mol. The first kappa shape index (κ1) is 14.6. The first-order chi connectivity index (χ1) is 9.58. The predicted octanol–water partition coefficient (Wildman–Crippen LogP) is 3.24. The molecule has 1 heterocycles. The minimum absolute atomic E-state index is 0.0218. The number of thiazole rings is 1. The van der Waals surface area contributed by atoms with Crippen molar-refractivity contribution in [1.82, 2.24) is 4.98 Å². The van der Waals surface area contributed by atoms with E-state index >= 15 is 0 Å². The Morgan fingerprint density at radius 2 is 2.35 bits per heavy atom. The summed E-state index contributed by atoms with van der Waals surface area (Å²) in [6, 6.07) is 9.56. The fourth-order valence-electron chi connectivity index (χ4n) is 1.64. The first-order valence-corrected chi connectivity index (χ1v) is 7.68. The largest absolute Gasteiger partial charge is 0.481 e. The number of benzene rings is 1. The van der Waals surface area contributed by atoms with Crippen LogP contribution in [0.3, 0.4) is 0 Å². The number of carbonyl (C=O) groups is 1. The highest BCUT2D eigenvalue weighted by Crippen LogP contribution is 2.30. The smallest absolute Gasteiger partial charge is 0.308 e. The fourth-order valence-corrected chi connectivity index (χ4v) is 3.81. The van der Waals surface area contributed by atoms with Crippen molar-refractivity contribution in [3.05, 3.63) is 46.0 Å². The molecule has 0 saturated carbocycles. The standard InChI is InChI=1S/C14H12N2O2S2/c1-9-12(6-13(17)18)20-14(16-9)19-8-11-4-2-3-10(5-11)7-15/h2-5H,6,8H2,1H3,(H,17,18). The van der Waals surface area contributed by atoms with Gasteiger partial charge in [-0.25, -0.2) is 4.98 Å². The van der Waals surface area contributed by atoms with Crippen LogP contribution >= 0.6 is 23.1 Å². The first-order valence-electron chi connectivity index (χ1n) is 5.88. The number of nitriles is 1. The normalized spacial score (nSPS) is 10.2. The Hall–Kier alpha value is -1.84. The molecule has 6 heteroatoms. The van der Waals surface area contributed by atoms with Crippen molar-refractivity contribution in [3.8, 4) is 6.07 Å². The monoisotopic (exact) mass is 304 g/mol. The number of aliphatic carboxylic acids is 1. The summed E-state index contributed by atoms with van der Waals surface area (Å²) in [5.74, 6) is -0.121. The lowest BCUT2D eigenvalue weighted by atomic mass is 10.2. The molecule has 2 rings (SSSR count). The molecule has 0 aliphatic rings. The molecule has 102 valence electrons. The van der Waals surface area contributed by atoms with E-state index in [-0.39, 0.29) is 6.42 Å². The molecule has 1 aromatic heterocycles.